The Morgan fingerprint density at radius 1 is 1.38 bits per heavy atom. The summed E-state index contributed by atoms with van der Waals surface area (Å²) in [7, 11) is 1.68. The van der Waals surface area contributed by atoms with E-state index in [1.807, 2.05) is 18.4 Å². The molecule has 8 heteroatoms. The Morgan fingerprint density at radius 2 is 2.17 bits per heavy atom. The van der Waals surface area contributed by atoms with E-state index in [4.69, 9.17) is 4.74 Å². The molecule has 2 N–H and O–H groups in total. The van der Waals surface area contributed by atoms with Crippen molar-refractivity contribution >= 4 is 5.96 Å². The molecule has 130 valence electrons. The van der Waals surface area contributed by atoms with Crippen LogP contribution in [0.15, 0.2) is 35.6 Å². The van der Waals surface area contributed by atoms with Gasteiger partial charge in [0.25, 0.3) is 0 Å². The van der Waals surface area contributed by atoms with Crippen LogP contribution in [0.3, 0.4) is 0 Å². The molecule has 1 aromatic heterocycles. The van der Waals surface area contributed by atoms with Gasteiger partial charge in [0.05, 0.1) is 13.1 Å². The predicted molar refractivity (Wildman–Crippen MR) is 90.4 cm³/mol. The number of nitrogens with zero attached hydrogens (tertiary/aromatic N) is 4. The average molecular weight is 334 g/mol. The number of ether oxygens (including phenoxy) is 1. The molecule has 0 fully saturated rings. The van der Waals surface area contributed by atoms with Gasteiger partial charge in [-0.3, -0.25) is 4.99 Å². The van der Waals surface area contributed by atoms with Crippen molar-refractivity contribution in [3.8, 4) is 5.75 Å². The molecular formula is C16H23FN6O. The van der Waals surface area contributed by atoms with E-state index in [2.05, 4.69) is 25.8 Å². The fourth-order valence-electron chi connectivity index (χ4n) is 2.10. The number of aryl methyl sites for hydroxylation is 1. The first-order valence-electron chi connectivity index (χ1n) is 7.86. The molecule has 1 heterocycles. The first kappa shape index (κ1) is 17.7. The predicted octanol–water partition coefficient (Wildman–Crippen LogP) is 1.57. The van der Waals surface area contributed by atoms with Crippen LogP contribution < -0.4 is 15.4 Å². The molecule has 0 saturated heterocycles. The minimum atomic E-state index is -0.370. The van der Waals surface area contributed by atoms with Crippen LogP contribution in [0.4, 0.5) is 4.39 Å². The minimum Gasteiger partial charge on any atom is -0.486 e. The van der Waals surface area contributed by atoms with E-state index >= 15 is 0 Å². The molecule has 1 aromatic carbocycles. The summed E-state index contributed by atoms with van der Waals surface area (Å²) in [6.07, 6.45) is 1.47. The lowest BCUT2D eigenvalue weighted by Crippen LogP contribution is -2.41. The van der Waals surface area contributed by atoms with Crippen LogP contribution in [0.25, 0.3) is 0 Å². The van der Waals surface area contributed by atoms with E-state index in [-0.39, 0.29) is 17.7 Å². The quantitative estimate of drug-likeness (QED) is 0.594. The molecule has 1 unspecified atom stereocenters. The molecule has 0 radical (unpaired) electrons. The number of halogens is 1. The summed E-state index contributed by atoms with van der Waals surface area (Å²) in [6.45, 7) is 5.69. The zero-order valence-corrected chi connectivity index (χ0v) is 14.2. The number of hydrogen-bond donors (Lipinski definition) is 2. The Morgan fingerprint density at radius 3 is 2.88 bits per heavy atom. The van der Waals surface area contributed by atoms with Gasteiger partial charge in [0.15, 0.2) is 23.4 Å². The van der Waals surface area contributed by atoms with Crippen LogP contribution in [0.1, 0.15) is 19.7 Å². The topological polar surface area (TPSA) is 76.4 Å². The smallest absolute Gasteiger partial charge is 0.191 e. The van der Waals surface area contributed by atoms with Crippen LogP contribution in [0.2, 0.25) is 0 Å². The van der Waals surface area contributed by atoms with E-state index in [1.165, 1.54) is 6.07 Å². The largest absolute Gasteiger partial charge is 0.486 e. The fraction of sp³-hybridized carbons (Fsp3) is 0.438. The summed E-state index contributed by atoms with van der Waals surface area (Å²) < 4.78 is 21.1. The number of para-hydroxylation sites is 1. The number of aliphatic imine (C=N–C) groups is 1. The van der Waals surface area contributed by atoms with E-state index < -0.39 is 0 Å². The maximum atomic E-state index is 13.6. The average Bonchev–Trinajstić information content (AvgIpc) is 3.04. The molecule has 2 rings (SSSR count). The normalized spacial score (nSPS) is 12.8. The fourth-order valence-corrected chi connectivity index (χ4v) is 2.10. The maximum absolute atomic E-state index is 13.6. The number of benzene rings is 1. The SMILES string of the molecule is CCn1cnnc1CNC(=NC)NCC(C)Oc1ccccc1F. The number of nitrogens with one attached hydrogen (secondary N) is 2. The Kier molecular flexibility index (Phi) is 6.53. The maximum Gasteiger partial charge on any atom is 0.191 e. The zero-order valence-electron chi connectivity index (χ0n) is 14.2. The number of rotatable bonds is 7. The minimum absolute atomic E-state index is 0.222. The molecule has 0 amide bonds. The third kappa shape index (κ3) is 4.94. The molecule has 0 spiro atoms. The van der Waals surface area contributed by atoms with Crippen molar-refractivity contribution < 1.29 is 9.13 Å². The molecule has 2 aromatic rings. The number of guanidine groups is 1. The first-order valence-corrected chi connectivity index (χ1v) is 7.86. The number of hydrogen-bond acceptors (Lipinski definition) is 4. The molecule has 1 atom stereocenters. The van der Waals surface area contributed by atoms with Gasteiger partial charge in [-0.25, -0.2) is 4.39 Å². The summed E-state index contributed by atoms with van der Waals surface area (Å²) in [4.78, 5) is 4.15. The summed E-state index contributed by atoms with van der Waals surface area (Å²) in [5.41, 5.74) is 0. The van der Waals surface area contributed by atoms with Gasteiger partial charge >= 0.3 is 0 Å². The highest BCUT2D eigenvalue weighted by Crippen LogP contribution is 2.16. The lowest BCUT2D eigenvalue weighted by molar-refractivity contribution is 0.214. The summed E-state index contributed by atoms with van der Waals surface area (Å²) in [5.74, 6) is 1.32. The van der Waals surface area contributed by atoms with Gasteiger partial charge < -0.3 is 19.9 Å². The Labute approximate surface area is 141 Å². The van der Waals surface area contributed by atoms with Gasteiger partial charge in [-0.1, -0.05) is 12.1 Å². The molecule has 0 bridgehead atoms. The van der Waals surface area contributed by atoms with Gasteiger partial charge in [-0.05, 0) is 26.0 Å². The molecule has 0 saturated carbocycles. The van der Waals surface area contributed by atoms with Gasteiger partial charge in [0.2, 0.25) is 0 Å². The highest BCUT2D eigenvalue weighted by molar-refractivity contribution is 5.79. The Hall–Kier alpha value is -2.64. The van der Waals surface area contributed by atoms with Gasteiger partial charge in [-0.15, -0.1) is 10.2 Å². The second kappa shape index (κ2) is 8.85. The van der Waals surface area contributed by atoms with Gasteiger partial charge in [0.1, 0.15) is 12.4 Å². The second-order valence-corrected chi connectivity index (χ2v) is 5.20. The van der Waals surface area contributed by atoms with Crippen molar-refractivity contribution in [3.05, 3.63) is 42.2 Å². The van der Waals surface area contributed by atoms with E-state index in [0.29, 0.717) is 19.0 Å². The highest BCUT2D eigenvalue weighted by atomic mass is 19.1. The van der Waals surface area contributed by atoms with Crippen molar-refractivity contribution in [2.75, 3.05) is 13.6 Å². The third-order valence-electron chi connectivity index (χ3n) is 3.40. The summed E-state index contributed by atoms with van der Waals surface area (Å²) in [5, 5.41) is 14.2. The lowest BCUT2D eigenvalue weighted by atomic mass is 10.3. The van der Waals surface area contributed by atoms with Crippen molar-refractivity contribution in [2.45, 2.75) is 33.0 Å². The summed E-state index contributed by atoms with van der Waals surface area (Å²) in [6, 6.07) is 6.35. The molecule has 7 nitrogen and oxygen atoms in total. The molecule has 0 aliphatic heterocycles. The lowest BCUT2D eigenvalue weighted by Gasteiger charge is -2.18. The third-order valence-corrected chi connectivity index (χ3v) is 3.40. The monoisotopic (exact) mass is 334 g/mol. The number of aromatic nitrogens is 3. The van der Waals surface area contributed by atoms with Crippen molar-refractivity contribution in [3.63, 3.8) is 0 Å². The first-order chi connectivity index (χ1) is 11.6. The van der Waals surface area contributed by atoms with Crippen molar-refractivity contribution in [1.29, 1.82) is 0 Å². The Balaban J connectivity index is 1.80. The van der Waals surface area contributed by atoms with Crippen LogP contribution in [0.5, 0.6) is 5.75 Å². The molecule has 0 aliphatic carbocycles. The molecule has 24 heavy (non-hydrogen) atoms. The molecular weight excluding hydrogens is 311 g/mol. The highest BCUT2D eigenvalue weighted by Gasteiger charge is 2.09. The van der Waals surface area contributed by atoms with Crippen LogP contribution >= 0.6 is 0 Å². The van der Waals surface area contributed by atoms with Crippen molar-refractivity contribution in [2.24, 2.45) is 4.99 Å². The molecule has 0 aliphatic rings. The van der Waals surface area contributed by atoms with Crippen LogP contribution in [-0.4, -0.2) is 40.4 Å². The van der Waals surface area contributed by atoms with Gasteiger partial charge in [-0.2, -0.15) is 0 Å². The Bertz CT molecular complexity index is 672. The second-order valence-electron chi connectivity index (χ2n) is 5.20. The summed E-state index contributed by atoms with van der Waals surface area (Å²) >= 11 is 0. The van der Waals surface area contributed by atoms with Crippen LogP contribution in [0, 0.1) is 5.82 Å². The van der Waals surface area contributed by atoms with E-state index in [9.17, 15) is 4.39 Å². The van der Waals surface area contributed by atoms with E-state index in [0.717, 1.165) is 12.4 Å². The van der Waals surface area contributed by atoms with Gasteiger partial charge in [0, 0.05) is 13.6 Å². The van der Waals surface area contributed by atoms with Crippen molar-refractivity contribution in [1.82, 2.24) is 25.4 Å². The van der Waals surface area contributed by atoms with E-state index in [1.54, 1.807) is 31.6 Å². The van der Waals surface area contributed by atoms with Crippen LogP contribution in [-0.2, 0) is 13.1 Å². The standard InChI is InChI=1S/C16H23FN6O/c1-4-23-11-21-22-15(23)10-20-16(18-3)19-9-12(2)24-14-8-6-5-7-13(14)17/h5-8,11-12H,4,9-10H2,1-3H3,(H2,18,19,20). The zero-order chi connectivity index (χ0) is 17.4.